The molecule has 2 aromatic heterocycles. The maximum absolute atomic E-state index is 4.50. The van der Waals surface area contributed by atoms with E-state index in [-0.39, 0.29) is 0 Å². The minimum absolute atomic E-state index is 0.488. The van der Waals surface area contributed by atoms with Gasteiger partial charge in [-0.05, 0) is 19.4 Å². The summed E-state index contributed by atoms with van der Waals surface area (Å²) >= 11 is 0. The first-order valence-electron chi connectivity index (χ1n) is 7.27. The molecule has 0 unspecified atom stereocenters. The average Bonchev–Trinajstić information content (AvgIpc) is 2.93. The van der Waals surface area contributed by atoms with Crippen LogP contribution in [0.3, 0.4) is 0 Å². The molecule has 0 aliphatic rings. The van der Waals surface area contributed by atoms with Crippen molar-refractivity contribution in [2.75, 3.05) is 0 Å². The second kappa shape index (κ2) is 6.22. The number of aromatic nitrogens is 4. The highest BCUT2D eigenvalue weighted by atomic mass is 15.3. The fourth-order valence-electron chi connectivity index (χ4n) is 2.18. The van der Waals surface area contributed by atoms with Crippen LogP contribution in [0.5, 0.6) is 0 Å². The van der Waals surface area contributed by atoms with Crippen molar-refractivity contribution in [3.63, 3.8) is 0 Å². The number of hydrogen-bond donors (Lipinski definition) is 1. The fourth-order valence-corrected chi connectivity index (χ4v) is 2.18. The Morgan fingerprint density at radius 2 is 2.10 bits per heavy atom. The van der Waals surface area contributed by atoms with Gasteiger partial charge < -0.3 is 5.32 Å². The van der Waals surface area contributed by atoms with Crippen molar-refractivity contribution in [2.45, 2.75) is 53.2 Å². The molecule has 0 aromatic carbocycles. The summed E-state index contributed by atoms with van der Waals surface area (Å²) < 4.78 is 4.00. The Hall–Kier alpha value is -1.62. The maximum Gasteiger partial charge on any atom is 0.0831 e. The highest BCUT2D eigenvalue weighted by molar-refractivity contribution is 5.18. The Bertz CT molecular complexity index is 565. The van der Waals surface area contributed by atoms with E-state index < -0.39 is 0 Å². The predicted octanol–water partition coefficient (Wildman–Crippen LogP) is 2.03. The molecule has 2 aromatic rings. The molecule has 0 saturated carbocycles. The summed E-state index contributed by atoms with van der Waals surface area (Å²) in [6, 6.07) is 2.65. The van der Waals surface area contributed by atoms with Crippen LogP contribution >= 0.6 is 0 Å². The van der Waals surface area contributed by atoms with Crippen molar-refractivity contribution < 1.29 is 0 Å². The van der Waals surface area contributed by atoms with Crippen LogP contribution in [-0.4, -0.2) is 25.6 Å². The van der Waals surface area contributed by atoms with E-state index in [0.717, 1.165) is 25.2 Å². The first-order valence-corrected chi connectivity index (χ1v) is 7.27. The lowest BCUT2D eigenvalue weighted by atomic mass is 10.2. The van der Waals surface area contributed by atoms with Gasteiger partial charge in [0.05, 0.1) is 24.1 Å². The molecule has 0 atom stereocenters. The summed E-state index contributed by atoms with van der Waals surface area (Å²) in [5.41, 5.74) is 4.81. The molecule has 110 valence electrons. The third kappa shape index (κ3) is 3.28. The smallest absolute Gasteiger partial charge is 0.0831 e. The van der Waals surface area contributed by atoms with Crippen molar-refractivity contribution in [1.82, 2.24) is 24.9 Å². The van der Waals surface area contributed by atoms with Crippen LogP contribution < -0.4 is 5.32 Å². The quantitative estimate of drug-likeness (QED) is 0.877. The maximum atomic E-state index is 4.50. The van der Waals surface area contributed by atoms with E-state index in [9.17, 15) is 0 Å². The molecule has 0 fully saturated rings. The van der Waals surface area contributed by atoms with Crippen molar-refractivity contribution >= 4 is 0 Å². The Labute approximate surface area is 121 Å². The number of aryl methyl sites for hydroxylation is 2. The Morgan fingerprint density at radius 3 is 2.70 bits per heavy atom. The van der Waals surface area contributed by atoms with Gasteiger partial charge in [-0.25, -0.2) is 0 Å². The zero-order chi connectivity index (χ0) is 14.7. The van der Waals surface area contributed by atoms with E-state index in [2.05, 4.69) is 49.3 Å². The van der Waals surface area contributed by atoms with Crippen molar-refractivity contribution in [1.29, 1.82) is 0 Å². The highest BCUT2D eigenvalue weighted by Gasteiger charge is 2.10. The van der Waals surface area contributed by atoms with Gasteiger partial charge in [0.25, 0.3) is 0 Å². The monoisotopic (exact) mass is 275 g/mol. The molecule has 0 spiro atoms. The molecule has 0 saturated heterocycles. The third-order valence-corrected chi connectivity index (χ3v) is 3.61. The third-order valence-electron chi connectivity index (χ3n) is 3.61. The predicted molar refractivity (Wildman–Crippen MR) is 80.6 cm³/mol. The van der Waals surface area contributed by atoms with Crippen LogP contribution in [0, 0.1) is 6.92 Å². The van der Waals surface area contributed by atoms with Crippen LogP contribution in [0.4, 0.5) is 0 Å². The molecule has 0 radical (unpaired) electrons. The van der Waals surface area contributed by atoms with E-state index in [1.54, 1.807) is 0 Å². The fraction of sp³-hybridized carbons (Fsp3) is 0.600. The van der Waals surface area contributed by atoms with E-state index in [1.165, 1.54) is 17.0 Å². The average molecular weight is 275 g/mol. The molecule has 1 N–H and O–H groups in total. The van der Waals surface area contributed by atoms with E-state index >= 15 is 0 Å². The number of nitrogens with one attached hydrogen (secondary N) is 1. The molecule has 20 heavy (non-hydrogen) atoms. The van der Waals surface area contributed by atoms with Gasteiger partial charge in [0.2, 0.25) is 0 Å². The van der Waals surface area contributed by atoms with Gasteiger partial charge in [-0.3, -0.25) is 9.36 Å². The van der Waals surface area contributed by atoms with Crippen molar-refractivity contribution in [2.24, 2.45) is 7.05 Å². The van der Waals surface area contributed by atoms with Crippen LogP contribution in [0.25, 0.3) is 0 Å². The Morgan fingerprint density at radius 1 is 1.35 bits per heavy atom. The van der Waals surface area contributed by atoms with E-state index in [4.69, 9.17) is 0 Å². The largest absolute Gasteiger partial charge is 0.310 e. The minimum atomic E-state index is 0.488. The lowest BCUT2D eigenvalue weighted by Gasteiger charge is -2.08. The van der Waals surface area contributed by atoms with Crippen LogP contribution in [-0.2, 0) is 26.6 Å². The van der Waals surface area contributed by atoms with E-state index in [0.29, 0.717) is 6.04 Å². The normalized spacial score (nSPS) is 11.5. The van der Waals surface area contributed by atoms with Crippen molar-refractivity contribution in [3.05, 3.63) is 34.9 Å². The zero-order valence-electron chi connectivity index (χ0n) is 13.1. The number of hydrogen-bond acceptors (Lipinski definition) is 3. The summed E-state index contributed by atoms with van der Waals surface area (Å²) in [7, 11) is 1.99. The summed E-state index contributed by atoms with van der Waals surface area (Å²) in [5, 5.41) is 12.4. The Balaban J connectivity index is 2.11. The molecule has 5 heteroatoms. The molecule has 0 aliphatic heterocycles. The molecule has 2 rings (SSSR count). The topological polar surface area (TPSA) is 47.7 Å². The van der Waals surface area contributed by atoms with Gasteiger partial charge in [0, 0.05) is 30.9 Å². The van der Waals surface area contributed by atoms with Gasteiger partial charge in [0.1, 0.15) is 0 Å². The van der Waals surface area contributed by atoms with Crippen molar-refractivity contribution in [3.8, 4) is 0 Å². The molecule has 2 heterocycles. The summed E-state index contributed by atoms with van der Waals surface area (Å²) in [5.74, 6) is 0. The minimum Gasteiger partial charge on any atom is -0.310 e. The lowest BCUT2D eigenvalue weighted by molar-refractivity contribution is 0.581. The van der Waals surface area contributed by atoms with Crippen LogP contribution in [0.15, 0.2) is 12.3 Å². The SMILES string of the molecule is CCc1cc(Cn2ncc(CNC(C)C)c2C)n(C)n1. The van der Waals surface area contributed by atoms with Crippen LogP contribution in [0.2, 0.25) is 0 Å². The number of rotatable bonds is 6. The van der Waals surface area contributed by atoms with Gasteiger partial charge in [-0.1, -0.05) is 20.8 Å². The summed E-state index contributed by atoms with van der Waals surface area (Å²) in [4.78, 5) is 0. The molecular weight excluding hydrogens is 250 g/mol. The zero-order valence-corrected chi connectivity index (χ0v) is 13.1. The molecular formula is C15H25N5. The molecule has 0 aliphatic carbocycles. The second-order valence-corrected chi connectivity index (χ2v) is 5.55. The lowest BCUT2D eigenvalue weighted by Crippen LogP contribution is -2.22. The Kier molecular flexibility index (Phi) is 4.60. The second-order valence-electron chi connectivity index (χ2n) is 5.55. The molecule has 0 bridgehead atoms. The van der Waals surface area contributed by atoms with Gasteiger partial charge >= 0.3 is 0 Å². The summed E-state index contributed by atoms with van der Waals surface area (Å²) in [6.45, 7) is 10.2. The van der Waals surface area contributed by atoms with Gasteiger partial charge in [0.15, 0.2) is 0 Å². The number of nitrogens with zero attached hydrogens (tertiary/aromatic N) is 4. The van der Waals surface area contributed by atoms with E-state index in [1.807, 2.05) is 22.6 Å². The van der Waals surface area contributed by atoms with Crippen LogP contribution in [0.1, 0.15) is 43.4 Å². The first-order chi connectivity index (χ1) is 9.51. The summed E-state index contributed by atoms with van der Waals surface area (Å²) in [6.07, 6.45) is 2.93. The standard InChI is InChI=1S/C15H25N5/c1-6-14-7-15(19(5)18-14)10-20-12(4)13(9-17-20)8-16-11(2)3/h7,9,11,16H,6,8,10H2,1-5H3. The molecule has 5 nitrogen and oxygen atoms in total. The van der Waals surface area contributed by atoms with Gasteiger partial charge in [-0.2, -0.15) is 10.2 Å². The first kappa shape index (κ1) is 14.8. The van der Waals surface area contributed by atoms with Gasteiger partial charge in [-0.15, -0.1) is 0 Å². The molecule has 0 amide bonds. The highest BCUT2D eigenvalue weighted by Crippen LogP contribution is 2.11.